The molecule has 0 bridgehead atoms. The standard InChI is InChI=1S/C24H22N4O2/c1-17-6-5-9-20(14-17)27-15-22(30-16-18-10-11-18)24(29)23(26-27)21-12-13-25-28(21)19-7-3-2-4-8-19/h2-9,12-15,18H,10-11,16H2,1H3. The highest BCUT2D eigenvalue weighted by Crippen LogP contribution is 2.29. The van der Waals surface area contributed by atoms with Gasteiger partial charge in [0.2, 0.25) is 0 Å². The highest BCUT2D eigenvalue weighted by atomic mass is 16.5. The third kappa shape index (κ3) is 3.64. The molecule has 0 radical (unpaired) electrons. The highest BCUT2D eigenvalue weighted by Gasteiger charge is 2.24. The van der Waals surface area contributed by atoms with Crippen LogP contribution in [0.25, 0.3) is 22.8 Å². The third-order valence-electron chi connectivity index (χ3n) is 5.21. The van der Waals surface area contributed by atoms with Crippen molar-refractivity contribution < 1.29 is 4.74 Å². The minimum absolute atomic E-state index is 0.225. The Bertz CT molecular complexity index is 1240. The lowest BCUT2D eigenvalue weighted by molar-refractivity contribution is 0.294. The van der Waals surface area contributed by atoms with Crippen molar-refractivity contribution in [2.75, 3.05) is 6.61 Å². The van der Waals surface area contributed by atoms with Gasteiger partial charge in [0.15, 0.2) is 11.4 Å². The van der Waals surface area contributed by atoms with Gasteiger partial charge in [-0.25, -0.2) is 9.36 Å². The summed E-state index contributed by atoms with van der Waals surface area (Å²) in [5.74, 6) is 0.859. The summed E-state index contributed by atoms with van der Waals surface area (Å²) in [6.07, 6.45) is 5.68. The predicted octanol–water partition coefficient (Wildman–Crippen LogP) is 4.18. The molecule has 0 spiro atoms. The first-order valence-corrected chi connectivity index (χ1v) is 10.1. The van der Waals surface area contributed by atoms with Crippen LogP contribution < -0.4 is 10.2 Å². The van der Waals surface area contributed by atoms with Crippen LogP contribution in [0.4, 0.5) is 0 Å². The highest BCUT2D eigenvalue weighted by molar-refractivity contribution is 5.59. The SMILES string of the molecule is Cc1cccc(-n2cc(OCC3CC3)c(=O)c(-c3ccnn3-c3ccccc3)n2)c1. The fourth-order valence-electron chi connectivity index (χ4n) is 3.39. The van der Waals surface area contributed by atoms with Crippen molar-refractivity contribution in [2.45, 2.75) is 19.8 Å². The minimum atomic E-state index is -0.225. The lowest BCUT2D eigenvalue weighted by Crippen LogP contribution is -2.19. The number of ether oxygens (including phenoxy) is 1. The molecule has 0 saturated heterocycles. The minimum Gasteiger partial charge on any atom is -0.488 e. The molecule has 0 atom stereocenters. The fraction of sp³-hybridized carbons (Fsp3) is 0.208. The molecule has 30 heavy (non-hydrogen) atoms. The molecule has 0 amide bonds. The van der Waals surface area contributed by atoms with Gasteiger partial charge >= 0.3 is 0 Å². The first-order valence-electron chi connectivity index (χ1n) is 10.1. The van der Waals surface area contributed by atoms with Gasteiger partial charge in [0.25, 0.3) is 5.43 Å². The van der Waals surface area contributed by atoms with Crippen LogP contribution in [-0.4, -0.2) is 26.2 Å². The molecule has 2 heterocycles. The molecule has 5 rings (SSSR count). The molecule has 0 aliphatic heterocycles. The maximum atomic E-state index is 13.3. The number of benzene rings is 2. The number of nitrogens with zero attached hydrogens (tertiary/aromatic N) is 4. The molecular weight excluding hydrogens is 376 g/mol. The molecule has 0 N–H and O–H groups in total. The van der Waals surface area contributed by atoms with Crippen LogP contribution in [0.15, 0.2) is 77.9 Å². The van der Waals surface area contributed by atoms with Crippen LogP contribution in [0.3, 0.4) is 0 Å². The molecule has 2 aromatic carbocycles. The average molecular weight is 398 g/mol. The Morgan fingerprint density at radius 2 is 1.83 bits per heavy atom. The summed E-state index contributed by atoms with van der Waals surface area (Å²) in [5.41, 5.74) is 3.57. The Kier molecular flexibility index (Phi) is 4.67. The number of aryl methyl sites for hydroxylation is 1. The third-order valence-corrected chi connectivity index (χ3v) is 5.21. The zero-order valence-corrected chi connectivity index (χ0v) is 16.7. The number of hydrogen-bond acceptors (Lipinski definition) is 4. The zero-order valence-electron chi connectivity index (χ0n) is 16.7. The summed E-state index contributed by atoms with van der Waals surface area (Å²) >= 11 is 0. The van der Waals surface area contributed by atoms with Gasteiger partial charge in [0.1, 0.15) is 0 Å². The maximum absolute atomic E-state index is 13.3. The van der Waals surface area contributed by atoms with Crippen LogP contribution >= 0.6 is 0 Å². The van der Waals surface area contributed by atoms with E-state index >= 15 is 0 Å². The van der Waals surface area contributed by atoms with Crippen molar-refractivity contribution in [2.24, 2.45) is 5.92 Å². The zero-order chi connectivity index (χ0) is 20.5. The van der Waals surface area contributed by atoms with Gasteiger partial charge in [-0.1, -0.05) is 30.3 Å². The summed E-state index contributed by atoms with van der Waals surface area (Å²) in [7, 11) is 0. The van der Waals surface area contributed by atoms with Crippen molar-refractivity contribution in [3.05, 3.63) is 88.8 Å². The summed E-state index contributed by atoms with van der Waals surface area (Å²) < 4.78 is 9.38. The van der Waals surface area contributed by atoms with E-state index in [1.807, 2.05) is 67.6 Å². The summed E-state index contributed by atoms with van der Waals surface area (Å²) in [6, 6.07) is 19.5. The first-order chi connectivity index (χ1) is 14.7. The van der Waals surface area contributed by atoms with Crippen molar-refractivity contribution in [3.8, 4) is 28.5 Å². The first kappa shape index (κ1) is 18.4. The van der Waals surface area contributed by atoms with Crippen LogP contribution in [0.1, 0.15) is 18.4 Å². The van der Waals surface area contributed by atoms with E-state index in [2.05, 4.69) is 10.2 Å². The van der Waals surface area contributed by atoms with E-state index in [-0.39, 0.29) is 5.43 Å². The van der Waals surface area contributed by atoms with Gasteiger partial charge in [-0.2, -0.15) is 10.2 Å². The molecule has 150 valence electrons. The van der Waals surface area contributed by atoms with E-state index < -0.39 is 0 Å². The normalized spacial score (nSPS) is 13.4. The summed E-state index contributed by atoms with van der Waals surface area (Å²) in [6.45, 7) is 2.59. The monoisotopic (exact) mass is 398 g/mol. The van der Waals surface area contributed by atoms with Crippen LogP contribution in [-0.2, 0) is 0 Å². The largest absolute Gasteiger partial charge is 0.488 e. The topological polar surface area (TPSA) is 61.9 Å². The Hall–Kier alpha value is -3.67. The van der Waals surface area contributed by atoms with Crippen molar-refractivity contribution in [1.29, 1.82) is 0 Å². The van der Waals surface area contributed by atoms with Gasteiger partial charge in [0.05, 0.1) is 36.1 Å². The Morgan fingerprint density at radius 3 is 2.60 bits per heavy atom. The van der Waals surface area contributed by atoms with Crippen molar-refractivity contribution >= 4 is 0 Å². The van der Waals surface area contributed by atoms with Gasteiger partial charge in [-0.15, -0.1) is 0 Å². The Balaban J connectivity index is 1.66. The molecule has 1 fully saturated rings. The predicted molar refractivity (Wildman–Crippen MR) is 115 cm³/mol. The van der Waals surface area contributed by atoms with E-state index in [1.54, 1.807) is 21.8 Å². The molecule has 6 nitrogen and oxygen atoms in total. The summed E-state index contributed by atoms with van der Waals surface area (Å²) in [5, 5.41) is 9.10. The summed E-state index contributed by atoms with van der Waals surface area (Å²) in [4.78, 5) is 13.3. The van der Waals surface area contributed by atoms with E-state index in [9.17, 15) is 4.79 Å². The lowest BCUT2D eigenvalue weighted by atomic mass is 10.2. The van der Waals surface area contributed by atoms with Gasteiger partial charge in [-0.05, 0) is 61.6 Å². The van der Waals surface area contributed by atoms with Crippen molar-refractivity contribution in [1.82, 2.24) is 19.6 Å². The van der Waals surface area contributed by atoms with Crippen LogP contribution in [0, 0.1) is 12.8 Å². The molecule has 1 saturated carbocycles. The van der Waals surface area contributed by atoms with Gasteiger partial charge < -0.3 is 4.74 Å². The molecule has 6 heteroatoms. The number of aromatic nitrogens is 4. The molecule has 0 unspecified atom stereocenters. The molecule has 4 aromatic rings. The fourth-order valence-corrected chi connectivity index (χ4v) is 3.39. The maximum Gasteiger partial charge on any atom is 0.251 e. The second-order valence-electron chi connectivity index (χ2n) is 7.67. The van der Waals surface area contributed by atoms with Crippen molar-refractivity contribution in [3.63, 3.8) is 0 Å². The molecule has 1 aliphatic carbocycles. The van der Waals surface area contributed by atoms with Gasteiger partial charge in [0, 0.05) is 0 Å². The molecule has 2 aromatic heterocycles. The number of hydrogen-bond donors (Lipinski definition) is 0. The number of para-hydroxylation sites is 1. The van der Waals surface area contributed by atoms with E-state index in [0.717, 1.165) is 29.8 Å². The van der Waals surface area contributed by atoms with E-state index in [1.165, 1.54) is 0 Å². The van der Waals surface area contributed by atoms with Crippen LogP contribution in [0.5, 0.6) is 5.75 Å². The van der Waals surface area contributed by atoms with Gasteiger partial charge in [-0.3, -0.25) is 4.79 Å². The Morgan fingerprint density at radius 1 is 1.03 bits per heavy atom. The second kappa shape index (κ2) is 7.63. The molecular formula is C24H22N4O2. The lowest BCUT2D eigenvalue weighted by Gasteiger charge is -2.13. The number of rotatable bonds is 6. The van der Waals surface area contributed by atoms with E-state index in [0.29, 0.717) is 29.7 Å². The second-order valence-corrected chi connectivity index (χ2v) is 7.67. The van der Waals surface area contributed by atoms with E-state index in [4.69, 9.17) is 4.74 Å². The smallest absolute Gasteiger partial charge is 0.251 e. The Labute approximate surface area is 174 Å². The average Bonchev–Trinajstić information content (AvgIpc) is 3.47. The molecule has 1 aliphatic rings. The quantitative estimate of drug-likeness (QED) is 0.489. The van der Waals surface area contributed by atoms with Crippen LogP contribution in [0.2, 0.25) is 0 Å².